The van der Waals surface area contributed by atoms with Gasteiger partial charge >= 0.3 is 0 Å². The summed E-state index contributed by atoms with van der Waals surface area (Å²) < 4.78 is 13.7. The Kier molecular flexibility index (Phi) is 4.29. The molecular formula is C17H25FO. The fourth-order valence-electron chi connectivity index (χ4n) is 3.20. The van der Waals surface area contributed by atoms with E-state index in [2.05, 4.69) is 20.8 Å². The fourth-order valence-corrected chi connectivity index (χ4v) is 3.20. The van der Waals surface area contributed by atoms with E-state index in [4.69, 9.17) is 0 Å². The van der Waals surface area contributed by atoms with Crippen molar-refractivity contribution >= 4 is 0 Å². The van der Waals surface area contributed by atoms with Crippen molar-refractivity contribution < 1.29 is 9.50 Å². The third-order valence-corrected chi connectivity index (χ3v) is 4.61. The Bertz CT molecular complexity index is 422. The molecule has 2 rings (SSSR count). The van der Waals surface area contributed by atoms with Crippen molar-refractivity contribution in [2.24, 2.45) is 17.3 Å². The van der Waals surface area contributed by atoms with Crippen molar-refractivity contribution in [2.75, 3.05) is 0 Å². The van der Waals surface area contributed by atoms with Crippen LogP contribution >= 0.6 is 0 Å². The van der Waals surface area contributed by atoms with Crippen molar-refractivity contribution in [1.82, 2.24) is 0 Å². The monoisotopic (exact) mass is 264 g/mol. The molecule has 1 aromatic carbocycles. The van der Waals surface area contributed by atoms with Crippen LogP contribution in [0.15, 0.2) is 24.3 Å². The quantitative estimate of drug-likeness (QED) is 0.849. The van der Waals surface area contributed by atoms with Crippen LogP contribution in [-0.4, -0.2) is 11.2 Å². The van der Waals surface area contributed by atoms with Crippen LogP contribution in [-0.2, 0) is 6.42 Å². The van der Waals surface area contributed by atoms with Gasteiger partial charge in [0.2, 0.25) is 0 Å². The minimum absolute atomic E-state index is 0.146. The van der Waals surface area contributed by atoms with Gasteiger partial charge in [0.1, 0.15) is 5.82 Å². The van der Waals surface area contributed by atoms with E-state index in [-0.39, 0.29) is 23.3 Å². The van der Waals surface area contributed by atoms with E-state index < -0.39 is 0 Å². The maximum absolute atomic E-state index is 13.7. The molecule has 1 saturated carbocycles. The van der Waals surface area contributed by atoms with E-state index in [0.717, 1.165) is 24.8 Å². The predicted octanol–water partition coefficient (Wildman–Crippen LogP) is 4.19. The van der Waals surface area contributed by atoms with E-state index in [1.165, 1.54) is 6.07 Å². The van der Waals surface area contributed by atoms with Crippen LogP contribution in [0.5, 0.6) is 0 Å². The minimum atomic E-state index is -0.279. The molecule has 1 aromatic rings. The first-order valence-electron chi connectivity index (χ1n) is 7.29. The molecule has 19 heavy (non-hydrogen) atoms. The van der Waals surface area contributed by atoms with Gasteiger partial charge in [-0.15, -0.1) is 0 Å². The Hall–Kier alpha value is -0.890. The molecule has 0 heterocycles. The summed E-state index contributed by atoms with van der Waals surface area (Å²) in [6.45, 7) is 6.78. The highest BCUT2D eigenvalue weighted by Gasteiger charge is 2.35. The van der Waals surface area contributed by atoms with Gasteiger partial charge in [0.25, 0.3) is 0 Å². The van der Waals surface area contributed by atoms with Crippen LogP contribution < -0.4 is 0 Å². The molecule has 0 saturated heterocycles. The first kappa shape index (κ1) is 14.5. The summed E-state index contributed by atoms with van der Waals surface area (Å²) in [6.07, 6.45) is 3.30. The van der Waals surface area contributed by atoms with Crippen molar-refractivity contribution in [3.63, 3.8) is 0 Å². The molecule has 2 heteroatoms. The molecular weight excluding hydrogens is 239 g/mol. The lowest BCUT2D eigenvalue weighted by Gasteiger charge is -2.40. The lowest BCUT2D eigenvalue weighted by Crippen LogP contribution is -2.35. The summed E-state index contributed by atoms with van der Waals surface area (Å²) in [5.41, 5.74) is 1.01. The van der Waals surface area contributed by atoms with Gasteiger partial charge in [0.05, 0.1) is 6.10 Å². The van der Waals surface area contributed by atoms with Gasteiger partial charge < -0.3 is 5.11 Å². The van der Waals surface area contributed by atoms with Crippen LogP contribution in [0.4, 0.5) is 4.39 Å². The van der Waals surface area contributed by atoms with Gasteiger partial charge in [-0.1, -0.05) is 39.0 Å². The smallest absolute Gasteiger partial charge is 0.126 e. The fraction of sp³-hybridized carbons (Fsp3) is 0.647. The Balaban J connectivity index is 2.08. The Morgan fingerprint density at radius 2 is 1.89 bits per heavy atom. The summed E-state index contributed by atoms with van der Waals surface area (Å²) in [7, 11) is 0. The lowest BCUT2D eigenvalue weighted by molar-refractivity contribution is 0.0193. The van der Waals surface area contributed by atoms with Crippen LogP contribution in [0.1, 0.15) is 45.6 Å². The van der Waals surface area contributed by atoms with E-state index in [9.17, 15) is 9.50 Å². The first-order valence-corrected chi connectivity index (χ1v) is 7.29. The van der Waals surface area contributed by atoms with Crippen LogP contribution in [0.3, 0.4) is 0 Å². The zero-order valence-corrected chi connectivity index (χ0v) is 12.2. The standard InChI is InChI=1S/C17H25FO/c1-17(2,3)14-8-9-16(19)13(11-14)10-12-6-4-5-7-15(12)18/h4-7,13-14,16,19H,8-11H2,1-3H3. The Morgan fingerprint density at radius 1 is 1.21 bits per heavy atom. The minimum Gasteiger partial charge on any atom is -0.393 e. The van der Waals surface area contributed by atoms with Crippen LogP contribution in [0.2, 0.25) is 0 Å². The highest BCUT2D eigenvalue weighted by molar-refractivity contribution is 5.18. The topological polar surface area (TPSA) is 20.2 Å². The van der Waals surface area contributed by atoms with Crippen molar-refractivity contribution in [3.8, 4) is 0 Å². The number of hydrogen-bond acceptors (Lipinski definition) is 1. The van der Waals surface area contributed by atoms with Gasteiger partial charge in [-0.25, -0.2) is 4.39 Å². The number of benzene rings is 1. The van der Waals surface area contributed by atoms with Gasteiger partial charge in [0, 0.05) is 0 Å². The number of aliphatic hydroxyl groups excluding tert-OH is 1. The average Bonchev–Trinajstić information content (AvgIpc) is 2.33. The molecule has 0 bridgehead atoms. The molecule has 1 nitrogen and oxygen atoms in total. The molecule has 3 unspecified atom stereocenters. The summed E-state index contributed by atoms with van der Waals surface area (Å²) in [4.78, 5) is 0. The third-order valence-electron chi connectivity index (χ3n) is 4.61. The second kappa shape index (κ2) is 5.62. The molecule has 1 aliphatic carbocycles. The van der Waals surface area contributed by atoms with Gasteiger partial charge in [-0.2, -0.15) is 0 Å². The maximum Gasteiger partial charge on any atom is 0.126 e. The zero-order chi connectivity index (χ0) is 14.0. The van der Waals surface area contributed by atoms with E-state index in [1.807, 2.05) is 12.1 Å². The summed E-state index contributed by atoms with van der Waals surface area (Å²) in [5, 5.41) is 10.2. The lowest BCUT2D eigenvalue weighted by atomic mass is 9.67. The summed E-state index contributed by atoms with van der Waals surface area (Å²) in [5.74, 6) is 0.662. The average molecular weight is 264 g/mol. The molecule has 1 aliphatic rings. The first-order chi connectivity index (χ1) is 8.88. The summed E-state index contributed by atoms with van der Waals surface area (Å²) in [6, 6.07) is 6.93. The molecule has 0 radical (unpaired) electrons. The second-order valence-corrected chi connectivity index (χ2v) is 7.00. The predicted molar refractivity (Wildman–Crippen MR) is 76.4 cm³/mol. The van der Waals surface area contributed by atoms with Gasteiger partial charge in [0.15, 0.2) is 0 Å². The molecule has 1 fully saturated rings. The van der Waals surface area contributed by atoms with Crippen molar-refractivity contribution in [3.05, 3.63) is 35.6 Å². The second-order valence-electron chi connectivity index (χ2n) is 7.00. The molecule has 3 atom stereocenters. The number of aliphatic hydroxyl groups is 1. The Labute approximate surface area is 115 Å². The summed E-state index contributed by atoms with van der Waals surface area (Å²) >= 11 is 0. The van der Waals surface area contributed by atoms with E-state index in [1.54, 1.807) is 6.07 Å². The molecule has 106 valence electrons. The van der Waals surface area contributed by atoms with Crippen LogP contribution in [0, 0.1) is 23.1 Å². The van der Waals surface area contributed by atoms with E-state index >= 15 is 0 Å². The molecule has 0 amide bonds. The highest BCUT2D eigenvalue weighted by atomic mass is 19.1. The number of hydrogen-bond donors (Lipinski definition) is 1. The van der Waals surface area contributed by atoms with Gasteiger partial charge in [-0.05, 0) is 54.6 Å². The van der Waals surface area contributed by atoms with Crippen molar-refractivity contribution in [1.29, 1.82) is 0 Å². The molecule has 1 N–H and O–H groups in total. The van der Waals surface area contributed by atoms with Crippen molar-refractivity contribution in [2.45, 2.75) is 52.6 Å². The largest absolute Gasteiger partial charge is 0.393 e. The molecule has 0 aromatic heterocycles. The number of halogens is 1. The third kappa shape index (κ3) is 3.56. The van der Waals surface area contributed by atoms with E-state index in [0.29, 0.717) is 12.3 Å². The van der Waals surface area contributed by atoms with Crippen LogP contribution in [0.25, 0.3) is 0 Å². The number of rotatable bonds is 2. The normalized spacial score (nSPS) is 28.4. The zero-order valence-electron chi connectivity index (χ0n) is 12.2. The van der Waals surface area contributed by atoms with Gasteiger partial charge in [-0.3, -0.25) is 0 Å². The maximum atomic E-state index is 13.7. The SMILES string of the molecule is CC(C)(C)C1CCC(O)C(Cc2ccccc2F)C1. The molecule has 0 aliphatic heterocycles. The highest BCUT2D eigenvalue weighted by Crippen LogP contribution is 2.41. The Morgan fingerprint density at radius 3 is 2.53 bits per heavy atom. The molecule has 0 spiro atoms.